The van der Waals surface area contributed by atoms with E-state index in [-0.39, 0.29) is 18.5 Å². The van der Waals surface area contributed by atoms with Crippen LogP contribution in [0.5, 0.6) is 0 Å². The second kappa shape index (κ2) is 7.34. The van der Waals surface area contributed by atoms with E-state index in [0.717, 1.165) is 11.3 Å². The van der Waals surface area contributed by atoms with Gasteiger partial charge in [0.2, 0.25) is 0 Å². The number of nitrogens with one attached hydrogen (secondary N) is 2. The number of anilines is 1. The molecular formula is C19H17N3O2. The standard InChI is InChI=1S/C19H17N3O2/c23-18(16-6-2-1-3-7-16)20-12-4-5-15-8-10-17(11-9-15)22-14-13-21-19(22)24/h1-3,6-11H,12-14H2,(H,20,23)(H,21,24). The lowest BCUT2D eigenvalue weighted by molar-refractivity contribution is 0.0958. The summed E-state index contributed by atoms with van der Waals surface area (Å²) in [5.41, 5.74) is 2.31. The fraction of sp³-hybridized carbons (Fsp3) is 0.158. The number of nitrogens with zero attached hydrogens (tertiary/aromatic N) is 1. The van der Waals surface area contributed by atoms with Crippen LogP contribution in [-0.2, 0) is 0 Å². The number of rotatable bonds is 3. The molecule has 0 unspecified atom stereocenters. The third-order valence-electron chi connectivity index (χ3n) is 3.64. The van der Waals surface area contributed by atoms with E-state index < -0.39 is 0 Å². The number of carbonyl (C=O) groups is 2. The summed E-state index contributed by atoms with van der Waals surface area (Å²) in [7, 11) is 0. The Kier molecular flexibility index (Phi) is 4.78. The van der Waals surface area contributed by atoms with E-state index >= 15 is 0 Å². The molecule has 2 aromatic carbocycles. The molecule has 120 valence electrons. The van der Waals surface area contributed by atoms with Crippen molar-refractivity contribution >= 4 is 17.6 Å². The molecule has 1 saturated heterocycles. The van der Waals surface area contributed by atoms with Crippen LogP contribution in [0.2, 0.25) is 0 Å². The molecule has 0 aromatic heterocycles. The molecule has 0 spiro atoms. The summed E-state index contributed by atoms with van der Waals surface area (Å²) < 4.78 is 0. The smallest absolute Gasteiger partial charge is 0.321 e. The lowest BCUT2D eigenvalue weighted by Crippen LogP contribution is -2.27. The highest BCUT2D eigenvalue weighted by atomic mass is 16.2. The Bertz CT molecular complexity index is 789. The Labute approximate surface area is 140 Å². The zero-order valence-corrected chi connectivity index (χ0v) is 13.1. The summed E-state index contributed by atoms with van der Waals surface area (Å²) in [5, 5.41) is 5.52. The van der Waals surface area contributed by atoms with Gasteiger partial charge in [0.1, 0.15) is 0 Å². The van der Waals surface area contributed by atoms with Crippen molar-refractivity contribution in [1.29, 1.82) is 0 Å². The molecule has 3 amide bonds. The van der Waals surface area contributed by atoms with Gasteiger partial charge in [0.25, 0.3) is 5.91 Å². The van der Waals surface area contributed by atoms with Crippen LogP contribution in [0.15, 0.2) is 54.6 Å². The lowest BCUT2D eigenvalue weighted by atomic mass is 10.2. The van der Waals surface area contributed by atoms with Gasteiger partial charge in [-0.15, -0.1) is 0 Å². The molecular weight excluding hydrogens is 302 g/mol. The number of carbonyl (C=O) groups excluding carboxylic acids is 2. The first-order valence-corrected chi connectivity index (χ1v) is 7.71. The van der Waals surface area contributed by atoms with Crippen LogP contribution in [0.4, 0.5) is 10.5 Å². The predicted octanol–water partition coefficient (Wildman–Crippen LogP) is 2.00. The van der Waals surface area contributed by atoms with E-state index in [1.807, 2.05) is 42.5 Å². The molecule has 0 aliphatic carbocycles. The molecule has 0 saturated carbocycles. The van der Waals surface area contributed by atoms with Gasteiger partial charge in [-0.3, -0.25) is 9.69 Å². The van der Waals surface area contributed by atoms with Gasteiger partial charge >= 0.3 is 6.03 Å². The first-order chi connectivity index (χ1) is 11.7. The predicted molar refractivity (Wildman–Crippen MR) is 92.8 cm³/mol. The summed E-state index contributed by atoms with van der Waals surface area (Å²) in [6.07, 6.45) is 0. The number of hydrogen-bond acceptors (Lipinski definition) is 2. The first-order valence-electron chi connectivity index (χ1n) is 7.71. The van der Waals surface area contributed by atoms with E-state index in [1.165, 1.54) is 0 Å². The van der Waals surface area contributed by atoms with Crippen molar-refractivity contribution in [2.24, 2.45) is 0 Å². The summed E-state index contributed by atoms with van der Waals surface area (Å²) in [5.74, 6) is 5.78. The molecule has 0 atom stereocenters. The molecule has 1 heterocycles. The normalized spacial score (nSPS) is 13.0. The number of urea groups is 1. The van der Waals surface area contributed by atoms with Crippen molar-refractivity contribution in [3.63, 3.8) is 0 Å². The Morgan fingerprint density at radius 2 is 1.88 bits per heavy atom. The zero-order chi connectivity index (χ0) is 16.8. The Balaban J connectivity index is 1.54. The third kappa shape index (κ3) is 3.73. The van der Waals surface area contributed by atoms with Crippen LogP contribution in [0.1, 0.15) is 15.9 Å². The maximum Gasteiger partial charge on any atom is 0.321 e. The second-order valence-electron chi connectivity index (χ2n) is 5.28. The van der Waals surface area contributed by atoms with E-state index in [1.54, 1.807) is 17.0 Å². The maximum atomic E-state index is 11.9. The van der Waals surface area contributed by atoms with Gasteiger partial charge in [-0.1, -0.05) is 30.0 Å². The van der Waals surface area contributed by atoms with E-state index in [0.29, 0.717) is 18.7 Å². The van der Waals surface area contributed by atoms with Gasteiger partial charge in [-0.25, -0.2) is 4.79 Å². The molecule has 2 N–H and O–H groups in total. The van der Waals surface area contributed by atoms with Crippen LogP contribution in [0.3, 0.4) is 0 Å². The van der Waals surface area contributed by atoms with Crippen molar-refractivity contribution in [2.45, 2.75) is 0 Å². The van der Waals surface area contributed by atoms with Crippen molar-refractivity contribution in [2.75, 3.05) is 24.5 Å². The molecule has 3 rings (SSSR count). The lowest BCUT2D eigenvalue weighted by Gasteiger charge is -2.13. The van der Waals surface area contributed by atoms with Gasteiger partial charge in [-0.05, 0) is 36.4 Å². The van der Waals surface area contributed by atoms with E-state index in [9.17, 15) is 9.59 Å². The highest BCUT2D eigenvalue weighted by Gasteiger charge is 2.20. The molecule has 2 aromatic rings. The van der Waals surface area contributed by atoms with Crippen molar-refractivity contribution < 1.29 is 9.59 Å². The topological polar surface area (TPSA) is 61.4 Å². The first kappa shape index (κ1) is 15.6. The third-order valence-corrected chi connectivity index (χ3v) is 3.64. The second-order valence-corrected chi connectivity index (χ2v) is 5.28. The van der Waals surface area contributed by atoms with Crippen molar-refractivity contribution in [3.05, 3.63) is 65.7 Å². The minimum atomic E-state index is -0.139. The Morgan fingerprint density at radius 1 is 1.12 bits per heavy atom. The van der Waals surface area contributed by atoms with E-state index in [4.69, 9.17) is 0 Å². The number of amides is 3. The molecule has 24 heavy (non-hydrogen) atoms. The molecule has 5 nitrogen and oxygen atoms in total. The van der Waals surface area contributed by atoms with Crippen LogP contribution >= 0.6 is 0 Å². The van der Waals surface area contributed by atoms with Gasteiger partial charge in [0.05, 0.1) is 6.54 Å². The van der Waals surface area contributed by atoms with Crippen molar-refractivity contribution in [1.82, 2.24) is 10.6 Å². The maximum absolute atomic E-state index is 11.9. The molecule has 5 heteroatoms. The largest absolute Gasteiger partial charge is 0.341 e. The summed E-state index contributed by atoms with van der Waals surface area (Å²) in [6.45, 7) is 1.63. The van der Waals surface area contributed by atoms with Gasteiger partial charge in [-0.2, -0.15) is 0 Å². The monoisotopic (exact) mass is 319 g/mol. The summed E-state index contributed by atoms with van der Waals surface area (Å²) in [6, 6.07) is 16.4. The highest BCUT2D eigenvalue weighted by Crippen LogP contribution is 2.16. The van der Waals surface area contributed by atoms with Crippen molar-refractivity contribution in [3.8, 4) is 11.8 Å². The minimum Gasteiger partial charge on any atom is -0.341 e. The SMILES string of the molecule is O=C(NCC#Cc1ccc(N2CCNC2=O)cc1)c1ccccc1. The van der Waals surface area contributed by atoms with Crippen LogP contribution in [0.25, 0.3) is 0 Å². The zero-order valence-electron chi connectivity index (χ0n) is 13.1. The fourth-order valence-corrected chi connectivity index (χ4v) is 2.40. The summed E-state index contributed by atoms with van der Waals surface area (Å²) >= 11 is 0. The minimum absolute atomic E-state index is 0.0718. The highest BCUT2D eigenvalue weighted by molar-refractivity contribution is 5.94. The van der Waals surface area contributed by atoms with Crippen LogP contribution in [0, 0.1) is 11.8 Å². The average Bonchev–Trinajstić information content (AvgIpc) is 3.06. The quantitative estimate of drug-likeness (QED) is 0.850. The van der Waals surface area contributed by atoms with Gasteiger partial charge in [0, 0.05) is 29.9 Å². The van der Waals surface area contributed by atoms with Crippen LogP contribution < -0.4 is 15.5 Å². The van der Waals surface area contributed by atoms with Crippen LogP contribution in [-0.4, -0.2) is 31.6 Å². The Morgan fingerprint density at radius 3 is 2.54 bits per heavy atom. The molecule has 1 aliphatic rings. The number of hydrogen-bond donors (Lipinski definition) is 2. The molecule has 1 fully saturated rings. The van der Waals surface area contributed by atoms with E-state index in [2.05, 4.69) is 22.5 Å². The molecule has 0 radical (unpaired) electrons. The number of benzene rings is 2. The van der Waals surface area contributed by atoms with Gasteiger partial charge < -0.3 is 10.6 Å². The average molecular weight is 319 g/mol. The molecule has 1 aliphatic heterocycles. The summed E-state index contributed by atoms with van der Waals surface area (Å²) in [4.78, 5) is 25.1. The molecule has 0 bridgehead atoms. The Hall–Kier alpha value is -3.26. The fourth-order valence-electron chi connectivity index (χ4n) is 2.40. The van der Waals surface area contributed by atoms with Gasteiger partial charge in [0.15, 0.2) is 0 Å².